The number of hydrogen-bond donors (Lipinski definition) is 0. The summed E-state index contributed by atoms with van der Waals surface area (Å²) in [7, 11) is -1.36. The van der Waals surface area contributed by atoms with Crippen LogP contribution < -0.4 is 5.19 Å². The molecule has 0 unspecified atom stereocenters. The van der Waals surface area contributed by atoms with Crippen LogP contribution in [0.3, 0.4) is 0 Å². The van der Waals surface area contributed by atoms with Gasteiger partial charge in [-0.1, -0.05) is 131 Å². The van der Waals surface area contributed by atoms with Gasteiger partial charge in [-0.3, -0.25) is 0 Å². The maximum Gasteiger partial charge on any atom is 0.0798 e. The molecule has 3 heterocycles. The number of aromatic nitrogens is 2. The number of aryl methyl sites for hydroxylation is 1. The molecule has 4 aromatic carbocycles. The molecule has 1 aliphatic rings. The largest absolute Gasteiger partial charge is 0.305 e. The number of thiophene rings is 1. The fraction of sp³-hybridized carbons (Fsp3) is 0.292. The average molecular weight is 907 g/mol. The van der Waals surface area contributed by atoms with Crippen molar-refractivity contribution in [3.05, 3.63) is 138 Å². The topological polar surface area (TPSA) is 25.8 Å². The molecule has 0 N–H and O–H groups in total. The van der Waals surface area contributed by atoms with Gasteiger partial charge in [0.2, 0.25) is 0 Å². The van der Waals surface area contributed by atoms with E-state index in [1.807, 2.05) is 18.3 Å². The molecule has 0 bridgehead atoms. The Morgan fingerprint density at radius 1 is 0.774 bits per heavy atom. The van der Waals surface area contributed by atoms with Crippen molar-refractivity contribution in [3.8, 4) is 33.6 Å². The van der Waals surface area contributed by atoms with E-state index >= 15 is 0 Å². The minimum absolute atomic E-state index is 0. The Balaban J connectivity index is 0.000000183. The minimum Gasteiger partial charge on any atom is -0.305 e. The summed E-state index contributed by atoms with van der Waals surface area (Å²) in [6, 6.07) is 41.5. The zero-order valence-corrected chi connectivity index (χ0v) is 36.1. The first-order chi connectivity index (χ1) is 25.1. The van der Waals surface area contributed by atoms with Gasteiger partial charge < -0.3 is 9.97 Å². The minimum atomic E-state index is -1.36. The van der Waals surface area contributed by atoms with E-state index in [0.717, 1.165) is 28.4 Å². The Kier molecular flexibility index (Phi) is 12.6. The number of benzene rings is 4. The van der Waals surface area contributed by atoms with E-state index in [4.69, 9.17) is 9.97 Å². The van der Waals surface area contributed by atoms with Crippen LogP contribution in [0.4, 0.5) is 0 Å². The van der Waals surface area contributed by atoms with E-state index in [9.17, 15) is 0 Å². The molecule has 0 atom stereocenters. The van der Waals surface area contributed by atoms with Crippen molar-refractivity contribution < 1.29 is 20.1 Å². The van der Waals surface area contributed by atoms with Gasteiger partial charge in [0.05, 0.1) is 8.07 Å². The Bertz CT molecular complexity index is 2280. The second-order valence-corrected chi connectivity index (χ2v) is 21.9. The fourth-order valence-electron chi connectivity index (χ4n) is 7.58. The Morgan fingerprint density at radius 2 is 1.49 bits per heavy atom. The van der Waals surface area contributed by atoms with Gasteiger partial charge in [0.15, 0.2) is 0 Å². The van der Waals surface area contributed by atoms with E-state index in [-0.39, 0.29) is 20.1 Å². The number of hydrogen-bond acceptors (Lipinski definition) is 3. The van der Waals surface area contributed by atoms with Crippen molar-refractivity contribution in [1.82, 2.24) is 9.97 Å². The first-order valence-electron chi connectivity index (χ1n) is 19.0. The molecule has 2 nitrogen and oxygen atoms in total. The first kappa shape index (κ1) is 39.0. The zero-order chi connectivity index (χ0) is 36.2. The van der Waals surface area contributed by atoms with Gasteiger partial charge >= 0.3 is 0 Å². The van der Waals surface area contributed by atoms with Crippen LogP contribution in [0.1, 0.15) is 68.6 Å². The van der Waals surface area contributed by atoms with Crippen LogP contribution in [0.15, 0.2) is 109 Å². The van der Waals surface area contributed by atoms with Crippen LogP contribution in [0, 0.1) is 25.0 Å². The normalized spacial score (nSPS) is 13.5. The predicted octanol–water partition coefficient (Wildman–Crippen LogP) is 13.2. The van der Waals surface area contributed by atoms with Crippen molar-refractivity contribution in [3.63, 3.8) is 0 Å². The van der Waals surface area contributed by atoms with E-state index in [1.165, 1.54) is 81.0 Å². The second kappa shape index (κ2) is 17.2. The summed E-state index contributed by atoms with van der Waals surface area (Å²) >= 11 is 1.80. The van der Waals surface area contributed by atoms with Gasteiger partial charge in [0.25, 0.3) is 0 Å². The van der Waals surface area contributed by atoms with E-state index in [1.54, 1.807) is 22.1 Å². The quantitative estimate of drug-likeness (QED) is 0.118. The summed E-state index contributed by atoms with van der Waals surface area (Å²) in [6.45, 7) is 13.9. The Labute approximate surface area is 335 Å². The van der Waals surface area contributed by atoms with Crippen LogP contribution in [0.2, 0.25) is 19.6 Å². The Hall–Kier alpha value is -3.73. The van der Waals surface area contributed by atoms with Gasteiger partial charge in [-0.05, 0) is 80.2 Å². The number of fused-ring (bicyclic) bond motifs is 3. The van der Waals surface area contributed by atoms with E-state index in [2.05, 4.69) is 144 Å². The van der Waals surface area contributed by atoms with Crippen molar-refractivity contribution >= 4 is 44.8 Å². The summed E-state index contributed by atoms with van der Waals surface area (Å²) in [4.78, 5) is 9.49. The third-order valence-corrected chi connectivity index (χ3v) is 13.8. The number of nitrogens with zero attached hydrogens (tertiary/aromatic N) is 2. The standard InChI is InChI=1S/C27H22NS.C21H28NSi.Ir/c1-17(2)19-8-10-20(11-9-19)24-15-25(28-16-18(24)3)21-12-13-23-22-6-4-5-7-26(22)29-27(23)14-21;1-23(2,3)21-16-22-20(18-12-8-5-9-13-18)15-19(21)14-17-10-6-4-7-11-17;/h4-13,15-17H,1-3H3;5,8-9,12,15-17H,4,6-7,10-11,14H2,1-3H3;/q2*-1;. The maximum absolute atomic E-state index is 4.77. The number of rotatable bonds is 7. The Morgan fingerprint density at radius 3 is 2.21 bits per heavy atom. The van der Waals surface area contributed by atoms with Crippen LogP contribution in [-0.4, -0.2) is 18.0 Å². The summed E-state index contributed by atoms with van der Waals surface area (Å²) in [5, 5.41) is 4.12. The van der Waals surface area contributed by atoms with E-state index < -0.39 is 8.07 Å². The molecule has 1 saturated carbocycles. The molecule has 273 valence electrons. The molecule has 7 aromatic rings. The van der Waals surface area contributed by atoms with Gasteiger partial charge in [0, 0.05) is 37.2 Å². The predicted molar refractivity (Wildman–Crippen MR) is 227 cm³/mol. The maximum atomic E-state index is 4.77. The molecular weight excluding hydrogens is 857 g/mol. The molecule has 0 spiro atoms. The van der Waals surface area contributed by atoms with Crippen LogP contribution in [0.5, 0.6) is 0 Å². The molecule has 0 saturated heterocycles. The second-order valence-electron chi connectivity index (χ2n) is 15.8. The van der Waals surface area contributed by atoms with Crippen LogP contribution >= 0.6 is 11.3 Å². The summed E-state index contributed by atoms with van der Waals surface area (Å²) in [5.41, 5.74) is 10.8. The summed E-state index contributed by atoms with van der Waals surface area (Å²) in [6.07, 6.45) is 12.4. The van der Waals surface area contributed by atoms with Crippen molar-refractivity contribution in [2.75, 3.05) is 0 Å². The fourth-order valence-corrected chi connectivity index (χ4v) is 10.3. The third kappa shape index (κ3) is 9.15. The molecule has 1 aliphatic carbocycles. The SMILES string of the molecule is C[Si](C)(C)c1cnc(-c2[c-]cccc2)cc1CC1CCCCC1.Cc1cnc(-c2[c-]c3sc4ccccc4c3cc2)cc1-c1ccc(C(C)C)cc1.[Ir]. The zero-order valence-electron chi connectivity index (χ0n) is 31.9. The van der Waals surface area contributed by atoms with Crippen molar-refractivity contribution in [2.45, 2.75) is 84.9 Å². The molecular formula is C48H50IrN2SSi-2. The molecule has 8 rings (SSSR count). The van der Waals surface area contributed by atoms with Gasteiger partial charge in [-0.2, -0.15) is 11.3 Å². The molecule has 5 heteroatoms. The van der Waals surface area contributed by atoms with Crippen molar-refractivity contribution in [2.24, 2.45) is 5.92 Å². The molecule has 0 amide bonds. The average Bonchev–Trinajstić information content (AvgIpc) is 3.54. The first-order valence-corrected chi connectivity index (χ1v) is 23.3. The summed E-state index contributed by atoms with van der Waals surface area (Å²) < 4.78 is 2.49. The molecule has 1 fully saturated rings. The molecule has 53 heavy (non-hydrogen) atoms. The molecule has 0 aliphatic heterocycles. The number of pyridine rings is 2. The molecule has 3 aromatic heterocycles. The summed E-state index contributed by atoms with van der Waals surface area (Å²) in [5.74, 6) is 1.41. The third-order valence-electron chi connectivity index (χ3n) is 10.6. The van der Waals surface area contributed by atoms with Gasteiger partial charge in [0.1, 0.15) is 0 Å². The van der Waals surface area contributed by atoms with Crippen LogP contribution in [-0.2, 0) is 26.5 Å². The molecule has 1 radical (unpaired) electrons. The van der Waals surface area contributed by atoms with Gasteiger partial charge in [-0.25, -0.2) is 0 Å². The smallest absolute Gasteiger partial charge is 0.0798 e. The monoisotopic (exact) mass is 907 g/mol. The van der Waals surface area contributed by atoms with Gasteiger partial charge in [-0.15, -0.1) is 59.7 Å². The van der Waals surface area contributed by atoms with Crippen molar-refractivity contribution in [1.29, 1.82) is 0 Å². The van der Waals surface area contributed by atoms with Crippen LogP contribution in [0.25, 0.3) is 53.8 Å². The van der Waals surface area contributed by atoms with E-state index in [0.29, 0.717) is 5.92 Å².